The molecular formula is C37H42ClN3O6S. The van der Waals surface area contributed by atoms with Crippen molar-refractivity contribution in [1.82, 2.24) is 10.2 Å². The van der Waals surface area contributed by atoms with Gasteiger partial charge >= 0.3 is 0 Å². The van der Waals surface area contributed by atoms with E-state index in [-0.39, 0.29) is 29.5 Å². The molecule has 0 fully saturated rings. The van der Waals surface area contributed by atoms with Gasteiger partial charge in [0, 0.05) is 30.6 Å². The summed E-state index contributed by atoms with van der Waals surface area (Å²) in [5.41, 5.74) is 2.76. The molecule has 0 aromatic heterocycles. The molecule has 0 radical (unpaired) electrons. The summed E-state index contributed by atoms with van der Waals surface area (Å²) in [6.07, 6.45) is 1.88. The van der Waals surface area contributed by atoms with Gasteiger partial charge in [-0.05, 0) is 60.9 Å². The standard InChI is InChI=1S/C37H42ClN3O6S/c1-5-6-21-39-37(43)33(23-28-11-8-7-9-12-28)40(25-29-13-10-14-30(38)22-29)36(42)26-41(31-17-15-27(2)16-18-31)48(44,45)32-19-20-34(46-3)35(24-32)47-4/h7-20,22,24,33H,5-6,21,23,25-26H2,1-4H3,(H,39,43)/t33-/m1/s1. The molecular weight excluding hydrogens is 650 g/mol. The van der Waals surface area contributed by atoms with E-state index >= 15 is 0 Å². The Hall–Kier alpha value is -4.54. The van der Waals surface area contributed by atoms with E-state index in [1.165, 1.54) is 37.3 Å². The molecule has 4 aromatic carbocycles. The number of benzene rings is 4. The van der Waals surface area contributed by atoms with Crippen LogP contribution in [-0.4, -0.2) is 58.5 Å². The highest BCUT2D eigenvalue weighted by molar-refractivity contribution is 7.92. The van der Waals surface area contributed by atoms with Crippen molar-refractivity contribution in [2.45, 2.75) is 50.6 Å². The maximum atomic E-state index is 14.6. The van der Waals surface area contributed by atoms with Gasteiger partial charge in [-0.2, -0.15) is 0 Å². The topological polar surface area (TPSA) is 105 Å². The fourth-order valence-electron chi connectivity index (χ4n) is 5.24. The normalized spacial score (nSPS) is 11.8. The van der Waals surface area contributed by atoms with Gasteiger partial charge in [-0.3, -0.25) is 13.9 Å². The van der Waals surface area contributed by atoms with Crippen molar-refractivity contribution in [3.05, 3.63) is 119 Å². The molecule has 0 spiro atoms. The molecule has 1 N–H and O–H groups in total. The first kappa shape index (κ1) is 36.3. The third-order valence-electron chi connectivity index (χ3n) is 7.89. The van der Waals surface area contributed by atoms with Crippen LogP contribution in [0.25, 0.3) is 0 Å². The van der Waals surface area contributed by atoms with Gasteiger partial charge in [-0.25, -0.2) is 8.42 Å². The zero-order valence-electron chi connectivity index (χ0n) is 27.7. The number of anilines is 1. The summed E-state index contributed by atoms with van der Waals surface area (Å²) in [6, 6.07) is 26.7. The number of halogens is 1. The monoisotopic (exact) mass is 691 g/mol. The molecule has 48 heavy (non-hydrogen) atoms. The summed E-state index contributed by atoms with van der Waals surface area (Å²) in [5, 5.41) is 3.47. The predicted octanol–water partition coefficient (Wildman–Crippen LogP) is 6.42. The maximum absolute atomic E-state index is 14.6. The first-order valence-corrected chi connectivity index (χ1v) is 17.6. The zero-order valence-corrected chi connectivity index (χ0v) is 29.3. The van der Waals surface area contributed by atoms with Gasteiger partial charge in [-0.15, -0.1) is 0 Å². The number of hydrogen-bond donors (Lipinski definition) is 1. The van der Waals surface area contributed by atoms with Gasteiger partial charge in [0.25, 0.3) is 10.0 Å². The van der Waals surface area contributed by atoms with Crippen LogP contribution in [0.5, 0.6) is 11.5 Å². The number of aryl methyl sites for hydroxylation is 1. The highest BCUT2D eigenvalue weighted by Crippen LogP contribution is 2.32. The van der Waals surface area contributed by atoms with E-state index in [0.717, 1.165) is 28.3 Å². The van der Waals surface area contributed by atoms with Gasteiger partial charge in [-0.1, -0.05) is 85.1 Å². The van der Waals surface area contributed by atoms with Crippen LogP contribution in [0.4, 0.5) is 5.69 Å². The zero-order chi connectivity index (χ0) is 34.7. The molecule has 0 aliphatic rings. The average Bonchev–Trinajstić information content (AvgIpc) is 3.09. The molecule has 254 valence electrons. The molecule has 0 aliphatic carbocycles. The number of nitrogens with one attached hydrogen (secondary N) is 1. The molecule has 11 heteroatoms. The Bertz CT molecular complexity index is 1780. The number of carbonyl (C=O) groups excluding carboxylic acids is 2. The first-order chi connectivity index (χ1) is 23.1. The smallest absolute Gasteiger partial charge is 0.264 e. The van der Waals surface area contributed by atoms with Crippen LogP contribution in [0.2, 0.25) is 5.02 Å². The number of rotatable bonds is 16. The van der Waals surface area contributed by atoms with E-state index in [2.05, 4.69) is 5.32 Å². The Morgan fingerprint density at radius 1 is 0.854 bits per heavy atom. The summed E-state index contributed by atoms with van der Waals surface area (Å²) < 4.78 is 40.5. The second-order valence-electron chi connectivity index (χ2n) is 11.4. The van der Waals surface area contributed by atoms with Gasteiger partial charge in [0.2, 0.25) is 11.8 Å². The highest BCUT2D eigenvalue weighted by Gasteiger charge is 2.35. The second-order valence-corrected chi connectivity index (χ2v) is 13.7. The lowest BCUT2D eigenvalue weighted by molar-refractivity contribution is -0.140. The van der Waals surface area contributed by atoms with Crippen molar-refractivity contribution >= 4 is 39.1 Å². The second kappa shape index (κ2) is 17.0. The molecule has 0 unspecified atom stereocenters. The van der Waals surface area contributed by atoms with Crippen molar-refractivity contribution in [1.29, 1.82) is 0 Å². The van der Waals surface area contributed by atoms with Crippen molar-refractivity contribution in [3.63, 3.8) is 0 Å². The van der Waals surface area contributed by atoms with Crippen molar-refractivity contribution in [2.75, 3.05) is 31.6 Å². The van der Waals surface area contributed by atoms with E-state index in [0.29, 0.717) is 28.6 Å². The quantitative estimate of drug-likeness (QED) is 0.136. The Labute approximate surface area is 288 Å². The molecule has 4 rings (SSSR count). The van der Waals surface area contributed by atoms with Crippen LogP contribution < -0.4 is 19.1 Å². The van der Waals surface area contributed by atoms with E-state index in [1.807, 2.05) is 50.2 Å². The van der Waals surface area contributed by atoms with Crippen molar-refractivity contribution in [2.24, 2.45) is 0 Å². The van der Waals surface area contributed by atoms with Crippen LogP contribution in [-0.2, 0) is 32.6 Å². The molecule has 2 amide bonds. The summed E-state index contributed by atoms with van der Waals surface area (Å²) in [7, 11) is -1.45. The van der Waals surface area contributed by atoms with E-state index in [4.69, 9.17) is 21.1 Å². The summed E-state index contributed by atoms with van der Waals surface area (Å²) in [5.74, 6) is -0.304. The molecule has 0 bridgehead atoms. The molecule has 0 saturated carbocycles. The van der Waals surface area contributed by atoms with Crippen LogP contribution >= 0.6 is 11.6 Å². The Balaban J connectivity index is 1.81. The number of sulfonamides is 1. The summed E-state index contributed by atoms with van der Waals surface area (Å²) in [6.45, 7) is 3.81. The van der Waals surface area contributed by atoms with E-state index in [9.17, 15) is 18.0 Å². The average molecular weight is 692 g/mol. The number of methoxy groups -OCH3 is 2. The third kappa shape index (κ3) is 9.29. The lowest BCUT2D eigenvalue weighted by atomic mass is 10.0. The minimum atomic E-state index is -4.33. The molecule has 0 heterocycles. The molecule has 0 aliphatic heterocycles. The first-order valence-electron chi connectivity index (χ1n) is 15.7. The van der Waals surface area contributed by atoms with Crippen LogP contribution in [0.3, 0.4) is 0 Å². The number of nitrogens with zero attached hydrogens (tertiary/aromatic N) is 2. The van der Waals surface area contributed by atoms with E-state index in [1.54, 1.807) is 42.5 Å². The number of carbonyl (C=O) groups is 2. The molecule has 4 aromatic rings. The molecule has 1 atom stereocenters. The maximum Gasteiger partial charge on any atom is 0.264 e. The number of ether oxygens (including phenoxy) is 2. The SMILES string of the molecule is CCCCNC(=O)[C@@H](Cc1ccccc1)N(Cc1cccc(Cl)c1)C(=O)CN(c1ccc(C)cc1)S(=O)(=O)c1ccc(OC)c(OC)c1. The van der Waals surface area contributed by atoms with Gasteiger partial charge in [0.05, 0.1) is 24.8 Å². The minimum Gasteiger partial charge on any atom is -0.493 e. The molecule has 9 nitrogen and oxygen atoms in total. The van der Waals surface area contributed by atoms with Crippen molar-refractivity contribution in [3.8, 4) is 11.5 Å². The Kier molecular flexibility index (Phi) is 12.9. The highest BCUT2D eigenvalue weighted by atomic mass is 35.5. The fourth-order valence-corrected chi connectivity index (χ4v) is 6.88. The minimum absolute atomic E-state index is 0.0240. The van der Waals surface area contributed by atoms with Crippen LogP contribution in [0.1, 0.15) is 36.5 Å². The van der Waals surface area contributed by atoms with Gasteiger partial charge in [0.15, 0.2) is 11.5 Å². The predicted molar refractivity (Wildman–Crippen MR) is 189 cm³/mol. The largest absolute Gasteiger partial charge is 0.493 e. The van der Waals surface area contributed by atoms with Crippen LogP contribution in [0, 0.1) is 6.92 Å². The number of hydrogen-bond acceptors (Lipinski definition) is 6. The van der Waals surface area contributed by atoms with Crippen LogP contribution in [0.15, 0.2) is 102 Å². The lowest BCUT2D eigenvalue weighted by Crippen LogP contribution is -2.53. The summed E-state index contributed by atoms with van der Waals surface area (Å²) >= 11 is 6.33. The number of amides is 2. The third-order valence-corrected chi connectivity index (χ3v) is 9.89. The Morgan fingerprint density at radius 2 is 1.54 bits per heavy atom. The fraction of sp³-hybridized carbons (Fsp3) is 0.297. The summed E-state index contributed by atoms with van der Waals surface area (Å²) in [4.78, 5) is 29.9. The Morgan fingerprint density at radius 3 is 2.19 bits per heavy atom. The van der Waals surface area contributed by atoms with Gasteiger partial charge in [0.1, 0.15) is 12.6 Å². The van der Waals surface area contributed by atoms with Gasteiger partial charge < -0.3 is 19.7 Å². The number of unbranched alkanes of at least 4 members (excludes halogenated alkanes) is 1. The van der Waals surface area contributed by atoms with E-state index < -0.39 is 28.5 Å². The van der Waals surface area contributed by atoms with Crippen molar-refractivity contribution < 1.29 is 27.5 Å². The lowest BCUT2D eigenvalue weighted by Gasteiger charge is -2.34. The molecule has 0 saturated heterocycles.